The van der Waals surface area contributed by atoms with Crippen molar-refractivity contribution in [3.63, 3.8) is 0 Å². The van der Waals surface area contributed by atoms with Gasteiger partial charge in [0.15, 0.2) is 0 Å². The van der Waals surface area contributed by atoms with Gasteiger partial charge in [0.1, 0.15) is 5.75 Å². The molecular formula is C22H27N3O5. The van der Waals surface area contributed by atoms with E-state index in [4.69, 9.17) is 10.5 Å². The number of hydrogen-bond donors (Lipinski definition) is 4. The SMILES string of the molecule is NCc1ccc(C(=O)NCc2ccc(OCCC(=O)N3CC(O)C(O)C3)cc2)cc1. The van der Waals surface area contributed by atoms with Gasteiger partial charge in [0.05, 0.1) is 25.2 Å². The molecule has 1 saturated heterocycles. The first kappa shape index (κ1) is 21.8. The first-order chi connectivity index (χ1) is 14.5. The molecule has 0 bridgehead atoms. The Morgan fingerprint density at radius 3 is 2.20 bits per heavy atom. The largest absolute Gasteiger partial charge is 0.493 e. The molecular weight excluding hydrogens is 386 g/mol. The molecule has 0 spiro atoms. The fourth-order valence-electron chi connectivity index (χ4n) is 3.17. The van der Waals surface area contributed by atoms with E-state index < -0.39 is 12.2 Å². The summed E-state index contributed by atoms with van der Waals surface area (Å²) < 4.78 is 5.59. The minimum atomic E-state index is -0.881. The van der Waals surface area contributed by atoms with E-state index in [2.05, 4.69) is 5.32 Å². The van der Waals surface area contributed by atoms with E-state index in [-0.39, 0.29) is 37.9 Å². The zero-order valence-corrected chi connectivity index (χ0v) is 16.7. The van der Waals surface area contributed by atoms with Crippen LogP contribution in [0.25, 0.3) is 0 Å². The van der Waals surface area contributed by atoms with Crippen LogP contribution >= 0.6 is 0 Å². The second-order valence-electron chi connectivity index (χ2n) is 7.26. The smallest absolute Gasteiger partial charge is 0.251 e. The molecule has 30 heavy (non-hydrogen) atoms. The Bertz CT molecular complexity index is 844. The molecule has 5 N–H and O–H groups in total. The average Bonchev–Trinajstić information content (AvgIpc) is 3.11. The first-order valence-corrected chi connectivity index (χ1v) is 9.89. The predicted octanol–water partition coefficient (Wildman–Crippen LogP) is 0.408. The van der Waals surface area contributed by atoms with Crippen molar-refractivity contribution in [2.75, 3.05) is 19.7 Å². The number of β-amino-alcohol motifs (C(OH)–C–C–N with tert-alkyl or cyclic N) is 2. The number of nitrogens with zero attached hydrogens (tertiary/aromatic N) is 1. The quantitative estimate of drug-likeness (QED) is 0.497. The van der Waals surface area contributed by atoms with Crippen LogP contribution in [0.1, 0.15) is 27.9 Å². The third-order valence-electron chi connectivity index (χ3n) is 5.02. The summed E-state index contributed by atoms with van der Waals surface area (Å²) in [5.74, 6) is 0.302. The van der Waals surface area contributed by atoms with Gasteiger partial charge in [-0.05, 0) is 35.4 Å². The van der Waals surface area contributed by atoms with Gasteiger partial charge in [-0.15, -0.1) is 0 Å². The van der Waals surface area contributed by atoms with Gasteiger partial charge in [-0.2, -0.15) is 0 Å². The molecule has 1 aliphatic heterocycles. The lowest BCUT2D eigenvalue weighted by molar-refractivity contribution is -0.131. The van der Waals surface area contributed by atoms with Crippen LogP contribution in [0.4, 0.5) is 0 Å². The molecule has 2 atom stereocenters. The second-order valence-corrected chi connectivity index (χ2v) is 7.26. The van der Waals surface area contributed by atoms with Crippen LogP contribution in [0, 0.1) is 0 Å². The first-order valence-electron chi connectivity index (χ1n) is 9.89. The van der Waals surface area contributed by atoms with Crippen LogP contribution in [0.15, 0.2) is 48.5 Å². The summed E-state index contributed by atoms with van der Waals surface area (Å²) in [6.07, 6.45) is -1.60. The number of amides is 2. The van der Waals surface area contributed by atoms with E-state index >= 15 is 0 Å². The molecule has 0 radical (unpaired) electrons. The van der Waals surface area contributed by atoms with Crippen LogP contribution in [0.3, 0.4) is 0 Å². The summed E-state index contributed by atoms with van der Waals surface area (Å²) >= 11 is 0. The Morgan fingerprint density at radius 1 is 1.00 bits per heavy atom. The molecule has 3 rings (SSSR count). The average molecular weight is 413 g/mol. The highest BCUT2D eigenvalue weighted by molar-refractivity contribution is 5.94. The molecule has 2 unspecified atom stereocenters. The van der Waals surface area contributed by atoms with Crippen LogP contribution in [-0.4, -0.2) is 58.8 Å². The lowest BCUT2D eigenvalue weighted by Crippen LogP contribution is -2.30. The summed E-state index contributed by atoms with van der Waals surface area (Å²) in [7, 11) is 0. The number of nitrogens with two attached hydrogens (primary N) is 1. The number of aliphatic hydroxyl groups is 2. The fraction of sp³-hybridized carbons (Fsp3) is 0.364. The van der Waals surface area contributed by atoms with E-state index in [0.29, 0.717) is 24.4 Å². The summed E-state index contributed by atoms with van der Waals surface area (Å²) in [6, 6.07) is 14.4. The Hall–Kier alpha value is -2.94. The number of likely N-dealkylation sites (tertiary alicyclic amines) is 1. The van der Waals surface area contributed by atoms with Gasteiger partial charge in [-0.1, -0.05) is 24.3 Å². The van der Waals surface area contributed by atoms with E-state index in [9.17, 15) is 19.8 Å². The highest BCUT2D eigenvalue weighted by Gasteiger charge is 2.32. The highest BCUT2D eigenvalue weighted by atomic mass is 16.5. The lowest BCUT2D eigenvalue weighted by Gasteiger charge is -2.15. The van der Waals surface area contributed by atoms with Crippen LogP contribution in [0.5, 0.6) is 5.75 Å². The number of carbonyl (C=O) groups is 2. The number of carbonyl (C=O) groups excluding carboxylic acids is 2. The van der Waals surface area contributed by atoms with Gasteiger partial charge in [0.25, 0.3) is 5.91 Å². The Balaban J connectivity index is 1.40. The van der Waals surface area contributed by atoms with Crippen LogP contribution < -0.4 is 15.8 Å². The van der Waals surface area contributed by atoms with E-state index in [1.165, 1.54) is 4.90 Å². The molecule has 0 aliphatic carbocycles. The summed E-state index contributed by atoms with van der Waals surface area (Å²) in [5.41, 5.74) is 8.03. The molecule has 0 saturated carbocycles. The molecule has 8 heteroatoms. The summed E-state index contributed by atoms with van der Waals surface area (Å²) in [5, 5.41) is 21.9. The van der Waals surface area contributed by atoms with Crippen molar-refractivity contribution < 1.29 is 24.5 Å². The number of nitrogens with one attached hydrogen (secondary N) is 1. The van der Waals surface area contributed by atoms with Gasteiger partial charge >= 0.3 is 0 Å². The van der Waals surface area contributed by atoms with Gasteiger partial charge in [-0.3, -0.25) is 9.59 Å². The normalized spacial score (nSPS) is 18.3. The van der Waals surface area contributed by atoms with Gasteiger partial charge in [-0.25, -0.2) is 0 Å². The van der Waals surface area contributed by atoms with Crippen molar-refractivity contribution in [1.29, 1.82) is 0 Å². The molecule has 2 aromatic carbocycles. The minimum Gasteiger partial charge on any atom is -0.493 e. The molecule has 1 heterocycles. The number of aliphatic hydroxyl groups excluding tert-OH is 2. The maximum absolute atomic E-state index is 12.2. The Kier molecular flexibility index (Phi) is 7.40. The zero-order chi connectivity index (χ0) is 21.5. The Morgan fingerprint density at radius 2 is 1.60 bits per heavy atom. The van der Waals surface area contributed by atoms with Gasteiger partial charge in [0.2, 0.25) is 5.91 Å². The topological polar surface area (TPSA) is 125 Å². The van der Waals surface area contributed by atoms with Crippen molar-refractivity contribution in [2.45, 2.75) is 31.7 Å². The standard InChI is InChI=1S/C22H27N3O5/c23-11-15-1-5-17(6-2-15)22(29)24-12-16-3-7-18(8-4-16)30-10-9-21(28)25-13-19(26)20(27)14-25/h1-8,19-20,26-27H,9-14,23H2,(H,24,29). The van der Waals surface area contributed by atoms with E-state index in [1.807, 2.05) is 24.3 Å². The van der Waals surface area contributed by atoms with Crippen molar-refractivity contribution in [3.8, 4) is 5.75 Å². The predicted molar refractivity (Wildman–Crippen MR) is 111 cm³/mol. The molecule has 1 aliphatic rings. The van der Waals surface area contributed by atoms with Crippen LogP contribution in [-0.2, 0) is 17.9 Å². The Labute approximate surface area is 175 Å². The van der Waals surface area contributed by atoms with Gasteiger partial charge in [0, 0.05) is 31.7 Å². The minimum absolute atomic E-state index is 0.150. The number of ether oxygens (including phenoxy) is 1. The zero-order valence-electron chi connectivity index (χ0n) is 16.7. The number of hydrogen-bond acceptors (Lipinski definition) is 6. The summed E-state index contributed by atoms with van der Waals surface area (Å²) in [6.45, 7) is 1.33. The van der Waals surface area contributed by atoms with E-state index in [0.717, 1.165) is 11.1 Å². The molecule has 1 fully saturated rings. The monoisotopic (exact) mass is 413 g/mol. The van der Waals surface area contributed by atoms with Crippen molar-refractivity contribution in [2.24, 2.45) is 5.73 Å². The van der Waals surface area contributed by atoms with Crippen molar-refractivity contribution >= 4 is 11.8 Å². The van der Waals surface area contributed by atoms with Gasteiger partial charge < -0.3 is 30.9 Å². The molecule has 0 aromatic heterocycles. The summed E-state index contributed by atoms with van der Waals surface area (Å²) in [4.78, 5) is 25.7. The van der Waals surface area contributed by atoms with Crippen molar-refractivity contribution in [3.05, 3.63) is 65.2 Å². The maximum Gasteiger partial charge on any atom is 0.251 e. The molecule has 2 aromatic rings. The maximum atomic E-state index is 12.2. The molecule has 2 amide bonds. The number of rotatable bonds is 8. The van der Waals surface area contributed by atoms with Crippen LogP contribution in [0.2, 0.25) is 0 Å². The van der Waals surface area contributed by atoms with E-state index in [1.54, 1.807) is 24.3 Å². The third-order valence-corrected chi connectivity index (χ3v) is 5.02. The molecule has 8 nitrogen and oxygen atoms in total. The lowest BCUT2D eigenvalue weighted by atomic mass is 10.1. The highest BCUT2D eigenvalue weighted by Crippen LogP contribution is 2.14. The third kappa shape index (κ3) is 5.79. The second kappa shape index (κ2) is 10.2. The molecule has 160 valence electrons. The fourth-order valence-corrected chi connectivity index (χ4v) is 3.17. The van der Waals surface area contributed by atoms with Crippen molar-refractivity contribution in [1.82, 2.24) is 10.2 Å². The number of benzene rings is 2.